The van der Waals surface area contributed by atoms with E-state index in [-0.39, 0.29) is 5.78 Å². The lowest BCUT2D eigenvalue weighted by Crippen LogP contribution is -2.12. The molecule has 1 aliphatic rings. The summed E-state index contributed by atoms with van der Waals surface area (Å²) in [6.07, 6.45) is 1.24. The normalized spacial score (nSPS) is 19.0. The molecular formula is C6H9OS2+. The zero-order chi connectivity index (χ0) is 6.69. The van der Waals surface area contributed by atoms with Gasteiger partial charge in [-0.3, -0.25) is 4.79 Å². The van der Waals surface area contributed by atoms with Crippen molar-refractivity contribution >= 4 is 33.1 Å². The van der Waals surface area contributed by atoms with Crippen LogP contribution in [0.4, 0.5) is 0 Å². The minimum Gasteiger partial charge on any atom is -0.288 e. The molecule has 0 aromatic rings. The van der Waals surface area contributed by atoms with Crippen LogP contribution < -0.4 is 0 Å². The fourth-order valence-corrected chi connectivity index (χ4v) is 3.00. The highest BCUT2D eigenvalue weighted by Gasteiger charge is 2.20. The summed E-state index contributed by atoms with van der Waals surface area (Å²) in [6.45, 7) is 1.64. The maximum absolute atomic E-state index is 10.7. The predicted octanol–water partition coefficient (Wildman–Crippen LogP) is 0.925. The van der Waals surface area contributed by atoms with Gasteiger partial charge in [-0.25, -0.2) is 0 Å². The first-order chi connectivity index (χ1) is 4.30. The molecular weight excluding hydrogens is 152 g/mol. The summed E-state index contributed by atoms with van der Waals surface area (Å²) in [7, 11) is 0. The van der Waals surface area contributed by atoms with Crippen LogP contribution in [-0.4, -0.2) is 21.5 Å². The molecule has 0 unspecified atom stereocenters. The predicted molar refractivity (Wildman–Crippen MR) is 45.0 cm³/mol. The first kappa shape index (κ1) is 7.22. The Morgan fingerprint density at radius 1 is 1.78 bits per heavy atom. The Labute approximate surface area is 63.2 Å². The Bertz CT molecular complexity index is 151. The van der Waals surface area contributed by atoms with Crippen LogP contribution in [0.15, 0.2) is 0 Å². The molecule has 0 atom stereocenters. The fourth-order valence-electron chi connectivity index (χ4n) is 0.634. The summed E-state index contributed by atoms with van der Waals surface area (Å²) < 4.78 is 1.00. The van der Waals surface area contributed by atoms with Crippen molar-refractivity contribution in [3.05, 3.63) is 0 Å². The highest BCUT2D eigenvalue weighted by atomic mass is 32.2. The van der Waals surface area contributed by atoms with Gasteiger partial charge in [-0.15, -0.1) is 0 Å². The van der Waals surface area contributed by atoms with E-state index in [4.69, 9.17) is 0 Å². The number of ketones is 1. The second-order valence-corrected chi connectivity index (χ2v) is 4.36. The van der Waals surface area contributed by atoms with Gasteiger partial charge in [0.1, 0.15) is 0 Å². The number of carbonyl (C=O) groups excluding carboxylic acids is 1. The first-order valence-corrected chi connectivity index (χ1v) is 4.91. The molecule has 50 valence electrons. The lowest BCUT2D eigenvalue weighted by Gasteiger charge is -1.95. The molecule has 0 saturated heterocycles. The molecule has 0 spiro atoms. The van der Waals surface area contributed by atoms with Gasteiger partial charge in [-0.2, -0.15) is 0 Å². The number of hydrogen-bond donors (Lipinski definition) is 0. The van der Waals surface area contributed by atoms with Crippen LogP contribution in [0.25, 0.3) is 0 Å². The molecule has 0 amide bonds. The Morgan fingerprint density at radius 3 is 2.89 bits per heavy atom. The van der Waals surface area contributed by atoms with Gasteiger partial charge in [-0.05, 0) is 0 Å². The van der Waals surface area contributed by atoms with Gasteiger partial charge in [0.2, 0.25) is 5.78 Å². The molecule has 0 radical (unpaired) electrons. The van der Waals surface area contributed by atoms with Crippen LogP contribution in [0.1, 0.15) is 13.3 Å². The van der Waals surface area contributed by atoms with Crippen molar-refractivity contribution in [2.45, 2.75) is 13.3 Å². The minimum atomic E-state index is 0.240. The molecule has 0 aromatic carbocycles. The van der Waals surface area contributed by atoms with Gasteiger partial charge < -0.3 is 0 Å². The average Bonchev–Trinajstić information content (AvgIpc) is 1.90. The van der Waals surface area contributed by atoms with E-state index in [1.54, 1.807) is 30.0 Å². The smallest absolute Gasteiger partial charge is 0.288 e. The van der Waals surface area contributed by atoms with E-state index >= 15 is 0 Å². The van der Waals surface area contributed by atoms with Gasteiger partial charge in [0, 0.05) is 19.1 Å². The quantitative estimate of drug-likeness (QED) is 0.420. The van der Waals surface area contributed by atoms with Crippen LogP contribution in [-0.2, 0) is 16.1 Å². The van der Waals surface area contributed by atoms with Crippen molar-refractivity contribution < 1.29 is 4.79 Å². The second kappa shape index (κ2) is 3.32. The van der Waals surface area contributed by atoms with E-state index in [2.05, 4.69) is 0 Å². The third-order valence-corrected chi connectivity index (χ3v) is 3.83. The molecule has 1 nitrogen and oxygen atoms in total. The third-order valence-electron chi connectivity index (χ3n) is 1.04. The maximum Gasteiger partial charge on any atom is 0.300 e. The highest BCUT2D eigenvalue weighted by Crippen LogP contribution is 2.10. The number of thioether (sulfide) groups is 1. The summed E-state index contributed by atoms with van der Waals surface area (Å²) in [4.78, 5) is 10.7. The van der Waals surface area contributed by atoms with Gasteiger partial charge in [0.05, 0.1) is 0 Å². The van der Waals surface area contributed by atoms with Crippen molar-refractivity contribution in [3.8, 4) is 0 Å². The lowest BCUT2D eigenvalue weighted by molar-refractivity contribution is -0.110. The lowest BCUT2D eigenvalue weighted by atomic mass is 10.5. The number of rotatable bonds is 1. The monoisotopic (exact) mass is 161 g/mol. The van der Waals surface area contributed by atoms with E-state index in [1.165, 1.54) is 6.42 Å². The third kappa shape index (κ3) is 2.06. The number of hydrogen-bond acceptors (Lipinski definition) is 2. The van der Waals surface area contributed by atoms with Gasteiger partial charge in [-0.1, -0.05) is 11.8 Å². The van der Waals surface area contributed by atoms with Crippen LogP contribution in [0.2, 0.25) is 0 Å². The minimum absolute atomic E-state index is 0.240. The van der Waals surface area contributed by atoms with Crippen molar-refractivity contribution in [1.29, 1.82) is 0 Å². The maximum atomic E-state index is 10.7. The van der Waals surface area contributed by atoms with E-state index < -0.39 is 0 Å². The molecule has 1 heterocycles. The molecule has 3 heteroatoms. The molecule has 0 aromatic heterocycles. The average molecular weight is 161 g/mol. The first-order valence-electron chi connectivity index (χ1n) is 2.94. The van der Waals surface area contributed by atoms with Crippen LogP contribution in [0.3, 0.4) is 0 Å². The molecule has 0 bridgehead atoms. The number of carbonyl (C=O) groups is 1. The van der Waals surface area contributed by atoms with Gasteiger partial charge >= 0.3 is 0 Å². The van der Waals surface area contributed by atoms with E-state index in [0.29, 0.717) is 0 Å². The molecule has 0 aliphatic carbocycles. The topological polar surface area (TPSA) is 17.1 Å². The second-order valence-electron chi connectivity index (χ2n) is 1.89. The van der Waals surface area contributed by atoms with Crippen molar-refractivity contribution in [2.75, 3.05) is 11.5 Å². The molecule has 0 N–H and O–H groups in total. The Kier molecular flexibility index (Phi) is 2.66. The van der Waals surface area contributed by atoms with Crippen molar-refractivity contribution in [2.24, 2.45) is 0 Å². The summed E-state index contributed by atoms with van der Waals surface area (Å²) in [5.41, 5.74) is 0. The molecule has 1 rings (SSSR count). The van der Waals surface area contributed by atoms with Crippen LogP contribution >= 0.6 is 11.8 Å². The van der Waals surface area contributed by atoms with E-state index in [0.717, 1.165) is 15.7 Å². The van der Waals surface area contributed by atoms with Crippen LogP contribution in [0, 0.1) is 0 Å². The van der Waals surface area contributed by atoms with Crippen molar-refractivity contribution in [1.82, 2.24) is 0 Å². The van der Waals surface area contributed by atoms with Crippen LogP contribution in [0.5, 0.6) is 0 Å². The standard InChI is InChI=1S/C6H9OS2/c1-5(7)6-8-3-2-4-9-6/h2-4H2,1H3/q+1. The van der Waals surface area contributed by atoms with E-state index in [9.17, 15) is 4.79 Å². The Morgan fingerprint density at radius 2 is 2.56 bits per heavy atom. The highest BCUT2D eigenvalue weighted by molar-refractivity contribution is 8.25. The zero-order valence-corrected chi connectivity index (χ0v) is 6.98. The molecule has 0 fully saturated rings. The van der Waals surface area contributed by atoms with E-state index in [1.807, 2.05) is 0 Å². The number of Topliss-reactive ketones (excluding diaryl/α,β-unsaturated/α-hetero) is 1. The summed E-state index contributed by atoms with van der Waals surface area (Å²) in [5, 5.41) is 0. The van der Waals surface area contributed by atoms with Crippen molar-refractivity contribution in [3.63, 3.8) is 0 Å². The largest absolute Gasteiger partial charge is 0.300 e. The zero-order valence-electron chi connectivity index (χ0n) is 5.35. The summed E-state index contributed by atoms with van der Waals surface area (Å²) >= 11 is 3.40. The SMILES string of the molecule is CC(=O)C1=[S+]CCCS1. The molecule has 1 aliphatic heterocycles. The Hall–Kier alpha value is 0.110. The fraction of sp³-hybridized carbons (Fsp3) is 0.667. The van der Waals surface area contributed by atoms with Gasteiger partial charge in [0.25, 0.3) is 4.20 Å². The molecule has 0 saturated carbocycles. The summed E-state index contributed by atoms with van der Waals surface area (Å²) in [6, 6.07) is 0. The van der Waals surface area contributed by atoms with Gasteiger partial charge in [0.15, 0.2) is 17.1 Å². The molecule has 9 heavy (non-hydrogen) atoms. The Balaban J connectivity index is 2.57. The summed E-state index contributed by atoms with van der Waals surface area (Å²) in [5.74, 6) is 2.49.